The van der Waals surface area contributed by atoms with Crippen LogP contribution in [0.25, 0.3) is 0 Å². The molecule has 2 unspecified atom stereocenters. The minimum Gasteiger partial charge on any atom is -0.370 e. The summed E-state index contributed by atoms with van der Waals surface area (Å²) in [6, 6.07) is 3.52. The van der Waals surface area contributed by atoms with Crippen molar-refractivity contribution < 1.29 is 9.00 Å². The topological polar surface area (TPSA) is 71.1 Å². The van der Waals surface area contributed by atoms with E-state index in [0.717, 1.165) is 12.4 Å². The van der Waals surface area contributed by atoms with E-state index in [4.69, 9.17) is 0 Å². The van der Waals surface area contributed by atoms with Crippen LogP contribution >= 0.6 is 0 Å². The summed E-state index contributed by atoms with van der Waals surface area (Å²) < 4.78 is 11.2. The lowest BCUT2D eigenvalue weighted by Gasteiger charge is -2.09. The maximum Gasteiger partial charge on any atom is 0.252 e. The Morgan fingerprint density at radius 3 is 2.74 bits per heavy atom. The maximum absolute atomic E-state index is 11.8. The van der Waals surface area contributed by atoms with E-state index in [2.05, 4.69) is 15.6 Å². The minimum atomic E-state index is -0.847. The Morgan fingerprint density at radius 1 is 1.47 bits per heavy atom. The first kappa shape index (κ1) is 15.6. The molecule has 1 heterocycles. The summed E-state index contributed by atoms with van der Waals surface area (Å²) in [4.78, 5) is 16.0. The second-order valence-electron chi connectivity index (χ2n) is 4.32. The van der Waals surface area contributed by atoms with Crippen molar-refractivity contribution >= 4 is 22.5 Å². The van der Waals surface area contributed by atoms with Crippen molar-refractivity contribution in [3.05, 3.63) is 23.9 Å². The lowest BCUT2D eigenvalue weighted by molar-refractivity contribution is 0.0953. The number of amides is 1. The fourth-order valence-corrected chi connectivity index (χ4v) is 1.92. The fourth-order valence-electron chi connectivity index (χ4n) is 1.47. The van der Waals surface area contributed by atoms with Gasteiger partial charge in [-0.15, -0.1) is 0 Å². The molecule has 6 heteroatoms. The van der Waals surface area contributed by atoms with Crippen LogP contribution in [0.15, 0.2) is 18.3 Å². The van der Waals surface area contributed by atoms with E-state index in [-0.39, 0.29) is 11.2 Å². The Morgan fingerprint density at radius 2 is 2.21 bits per heavy atom. The van der Waals surface area contributed by atoms with Gasteiger partial charge in [0.15, 0.2) is 0 Å². The fraction of sp³-hybridized carbons (Fsp3) is 0.538. The van der Waals surface area contributed by atoms with Crippen molar-refractivity contribution in [2.75, 3.05) is 24.7 Å². The quantitative estimate of drug-likeness (QED) is 0.793. The highest BCUT2D eigenvalue weighted by Crippen LogP contribution is 2.05. The smallest absolute Gasteiger partial charge is 0.252 e. The number of nitrogens with zero attached hydrogens (tertiary/aromatic N) is 1. The Kier molecular flexibility index (Phi) is 6.49. The van der Waals surface area contributed by atoms with Crippen molar-refractivity contribution in [3.63, 3.8) is 0 Å². The van der Waals surface area contributed by atoms with E-state index < -0.39 is 10.8 Å². The Bertz CT molecular complexity index is 434. The summed E-state index contributed by atoms with van der Waals surface area (Å²) in [5.74, 6) is 0.610. The third-order valence-electron chi connectivity index (χ3n) is 2.79. The zero-order chi connectivity index (χ0) is 14.3. The summed E-state index contributed by atoms with van der Waals surface area (Å²) in [7, 11) is -0.847. The van der Waals surface area contributed by atoms with Crippen molar-refractivity contribution in [2.24, 2.45) is 0 Å². The lowest BCUT2D eigenvalue weighted by Crippen LogP contribution is -2.27. The molecule has 106 valence electrons. The molecule has 5 nitrogen and oxygen atoms in total. The number of carbonyl (C=O) groups is 1. The Labute approximate surface area is 116 Å². The van der Waals surface area contributed by atoms with Gasteiger partial charge in [0.05, 0.1) is 5.56 Å². The molecule has 0 radical (unpaired) electrons. The second kappa shape index (κ2) is 7.89. The average Bonchev–Trinajstić information content (AvgIpc) is 2.39. The maximum atomic E-state index is 11.8. The van der Waals surface area contributed by atoms with Gasteiger partial charge in [-0.1, -0.05) is 6.92 Å². The molecule has 0 aliphatic rings. The van der Waals surface area contributed by atoms with E-state index in [1.165, 1.54) is 0 Å². The van der Waals surface area contributed by atoms with Gasteiger partial charge in [-0.2, -0.15) is 0 Å². The third-order valence-corrected chi connectivity index (χ3v) is 4.16. The Hall–Kier alpha value is -1.43. The number of rotatable bonds is 7. The monoisotopic (exact) mass is 283 g/mol. The highest BCUT2D eigenvalue weighted by Gasteiger charge is 2.08. The second-order valence-corrected chi connectivity index (χ2v) is 6.12. The molecule has 1 rings (SSSR count). The van der Waals surface area contributed by atoms with Crippen molar-refractivity contribution in [2.45, 2.75) is 25.5 Å². The third kappa shape index (κ3) is 5.38. The minimum absolute atomic E-state index is 0.0922. The zero-order valence-electron chi connectivity index (χ0n) is 11.6. The molecule has 0 saturated carbocycles. The molecule has 0 fully saturated rings. The SMILES string of the molecule is CCNc1ccc(C(=O)NCCC(C)S(C)=O)cn1. The van der Waals surface area contributed by atoms with Crippen molar-refractivity contribution in [3.8, 4) is 0 Å². The van der Waals surface area contributed by atoms with Crippen LogP contribution in [0.4, 0.5) is 5.82 Å². The van der Waals surface area contributed by atoms with Crippen molar-refractivity contribution in [1.82, 2.24) is 10.3 Å². The summed E-state index contributed by atoms with van der Waals surface area (Å²) in [5, 5.41) is 5.96. The number of hydrogen-bond acceptors (Lipinski definition) is 4. The number of carbonyl (C=O) groups excluding carboxylic acids is 1. The van der Waals surface area contributed by atoms with Crippen molar-refractivity contribution in [1.29, 1.82) is 0 Å². The first-order valence-electron chi connectivity index (χ1n) is 6.35. The molecule has 1 aromatic heterocycles. The van der Waals surface area contributed by atoms with E-state index in [1.807, 2.05) is 13.8 Å². The van der Waals surface area contributed by atoms with Gasteiger partial charge in [-0.25, -0.2) is 4.98 Å². The number of aromatic nitrogens is 1. The highest BCUT2D eigenvalue weighted by atomic mass is 32.2. The standard InChI is InChI=1S/C13H21N3O2S/c1-4-14-12-6-5-11(9-16-12)13(17)15-8-7-10(2)19(3)18/h5-6,9-10H,4,7-8H2,1-3H3,(H,14,16)(H,15,17). The van der Waals surface area contributed by atoms with Gasteiger partial charge in [-0.05, 0) is 25.5 Å². The van der Waals surface area contributed by atoms with Crippen LogP contribution in [0, 0.1) is 0 Å². The van der Waals surface area contributed by atoms with Gasteiger partial charge < -0.3 is 10.6 Å². The van der Waals surface area contributed by atoms with Gasteiger partial charge in [0, 0.05) is 41.6 Å². The van der Waals surface area contributed by atoms with E-state index in [9.17, 15) is 9.00 Å². The average molecular weight is 283 g/mol. The van der Waals surface area contributed by atoms with Gasteiger partial charge in [0.2, 0.25) is 0 Å². The van der Waals surface area contributed by atoms with E-state index in [0.29, 0.717) is 18.5 Å². The van der Waals surface area contributed by atoms with Crippen LogP contribution < -0.4 is 10.6 Å². The molecule has 2 N–H and O–H groups in total. The molecular formula is C13H21N3O2S. The predicted molar refractivity (Wildman–Crippen MR) is 78.9 cm³/mol. The predicted octanol–water partition coefficient (Wildman–Crippen LogP) is 1.40. The molecule has 0 aliphatic carbocycles. The molecular weight excluding hydrogens is 262 g/mol. The molecule has 0 aliphatic heterocycles. The first-order valence-corrected chi connectivity index (χ1v) is 7.97. The number of nitrogens with one attached hydrogen (secondary N) is 2. The van der Waals surface area contributed by atoms with Gasteiger partial charge >= 0.3 is 0 Å². The van der Waals surface area contributed by atoms with Gasteiger partial charge in [0.25, 0.3) is 5.91 Å². The van der Waals surface area contributed by atoms with Crippen LogP contribution in [-0.4, -0.2) is 39.7 Å². The normalized spacial score (nSPS) is 13.6. The summed E-state index contributed by atoms with van der Waals surface area (Å²) in [6.07, 6.45) is 3.93. The van der Waals surface area contributed by atoms with E-state index in [1.54, 1.807) is 24.6 Å². The van der Waals surface area contributed by atoms with Crippen LogP contribution in [0.2, 0.25) is 0 Å². The summed E-state index contributed by atoms with van der Waals surface area (Å²) in [5.41, 5.74) is 0.534. The Balaban J connectivity index is 2.43. The van der Waals surface area contributed by atoms with Crippen LogP contribution in [-0.2, 0) is 10.8 Å². The van der Waals surface area contributed by atoms with Crippen LogP contribution in [0.1, 0.15) is 30.6 Å². The molecule has 1 aromatic rings. The first-order chi connectivity index (χ1) is 9.04. The largest absolute Gasteiger partial charge is 0.370 e. The van der Waals surface area contributed by atoms with Gasteiger partial charge in [0.1, 0.15) is 5.82 Å². The molecule has 0 aromatic carbocycles. The summed E-state index contributed by atoms with van der Waals surface area (Å²) >= 11 is 0. The summed E-state index contributed by atoms with van der Waals surface area (Å²) in [6.45, 7) is 5.22. The molecule has 1 amide bonds. The van der Waals surface area contributed by atoms with E-state index >= 15 is 0 Å². The zero-order valence-corrected chi connectivity index (χ0v) is 12.4. The number of pyridine rings is 1. The molecule has 0 saturated heterocycles. The van der Waals surface area contributed by atoms with Gasteiger partial charge in [-0.3, -0.25) is 9.00 Å². The lowest BCUT2D eigenvalue weighted by atomic mass is 10.2. The number of hydrogen-bond donors (Lipinski definition) is 2. The van der Waals surface area contributed by atoms with Crippen LogP contribution in [0.5, 0.6) is 0 Å². The number of anilines is 1. The highest BCUT2D eigenvalue weighted by molar-refractivity contribution is 7.84. The molecule has 19 heavy (non-hydrogen) atoms. The van der Waals surface area contributed by atoms with Crippen LogP contribution in [0.3, 0.4) is 0 Å². The molecule has 0 bridgehead atoms. The molecule has 2 atom stereocenters. The molecule has 0 spiro atoms.